The van der Waals surface area contributed by atoms with Crippen LogP contribution in [0.5, 0.6) is 0 Å². The molecule has 4 heavy (non-hydrogen) atoms. The van der Waals surface area contributed by atoms with Crippen LogP contribution in [-0.4, -0.2) is 0 Å². The van der Waals surface area contributed by atoms with Gasteiger partial charge >= 0.3 is 0 Å². The summed E-state index contributed by atoms with van der Waals surface area (Å²) in [6.45, 7) is 0. The molecule has 0 N–H and O–H groups in total. The molecule has 0 spiro atoms. The van der Waals surface area contributed by atoms with E-state index >= 15 is 0 Å². The van der Waals surface area contributed by atoms with Gasteiger partial charge in [-0.15, -0.1) is 0 Å². The fourth-order valence-corrected chi connectivity index (χ4v) is 0. The van der Waals surface area contributed by atoms with Gasteiger partial charge in [0.1, 0.15) is 0 Å². The van der Waals surface area contributed by atoms with Crippen LogP contribution in [0.2, 0.25) is 0 Å². The van der Waals surface area contributed by atoms with E-state index in [1.165, 1.54) is 0 Å². The summed E-state index contributed by atoms with van der Waals surface area (Å²) in [7, 11) is 0. The third kappa shape index (κ3) is 9.71. The van der Waals surface area contributed by atoms with Gasteiger partial charge in [0.15, 0.2) is 0 Å². The minimum atomic E-state index is 0. The molecule has 0 saturated carbocycles. The zero-order valence-electron chi connectivity index (χ0n) is 1.75. The van der Waals surface area contributed by atoms with Crippen molar-refractivity contribution in [3.05, 3.63) is 0 Å². The van der Waals surface area contributed by atoms with Gasteiger partial charge < -0.3 is 0 Å². The predicted molar refractivity (Wildman–Crippen MR) is 0 cm³/mol. The van der Waals surface area contributed by atoms with Gasteiger partial charge in [0, 0.05) is 137 Å². The molecule has 0 aliphatic heterocycles. The molecule has 0 heterocycles. The average molecular weight is 503 g/mol. The summed E-state index contributed by atoms with van der Waals surface area (Å²) >= 11 is 0. The summed E-state index contributed by atoms with van der Waals surface area (Å²) in [6, 6.07) is 0. The molecule has 0 unspecified atom stereocenters. The molecule has 0 amide bonds. The molecule has 0 aliphatic carbocycles. The minimum Gasteiger partial charge on any atom is 0 e. The van der Waals surface area contributed by atoms with Crippen molar-refractivity contribution in [2.24, 2.45) is 0 Å². The van der Waals surface area contributed by atoms with Gasteiger partial charge in [-0.25, -0.2) is 0 Å². The molecular weight excluding hydrogens is 503 g/mol. The first-order chi connectivity index (χ1) is 0. The molecule has 0 atom stereocenters. The molecular formula is DyFeNdPr. The fourth-order valence-electron chi connectivity index (χ4n) is 0. The number of rotatable bonds is 0. The van der Waals surface area contributed by atoms with Gasteiger partial charge in [-0.1, -0.05) is 0 Å². The molecule has 1 radical (unpaired) electrons. The van der Waals surface area contributed by atoms with E-state index in [2.05, 4.69) is 0 Å². The summed E-state index contributed by atoms with van der Waals surface area (Å²) in [5, 5.41) is 0. The van der Waals surface area contributed by atoms with Crippen molar-refractivity contribution >= 4 is 0 Å². The van der Waals surface area contributed by atoms with E-state index in [4.69, 9.17) is 0 Å². The monoisotopic (exact) mass is 503 g/mol. The standard InChI is InChI=1S/Dy.Fe.Nd.Pr. The predicted octanol–water partition coefficient (Wildman–Crippen LogP) is -0.00250. The molecule has 4 heteroatoms. The van der Waals surface area contributed by atoms with Crippen molar-refractivity contribution in [3.8, 4) is 0 Å². The Morgan fingerprint density at radius 3 is 1.00 bits per heavy atom. The SMILES string of the molecule is [Dy].[Fe].[Nd].[Pr]. The van der Waals surface area contributed by atoms with Crippen LogP contribution in [0.15, 0.2) is 0 Å². The van der Waals surface area contributed by atoms with Crippen molar-refractivity contribution in [2.75, 3.05) is 0 Å². The molecule has 0 aromatic heterocycles. The van der Waals surface area contributed by atoms with E-state index in [0.29, 0.717) is 0 Å². The first kappa shape index (κ1) is 23.6. The molecule has 25 valence electrons. The van der Waals surface area contributed by atoms with Crippen molar-refractivity contribution in [3.63, 3.8) is 0 Å². The second kappa shape index (κ2) is 15.6. The Hall–Kier alpha value is 4.51. The normalized spacial score (nSPS) is 0. The maximum Gasteiger partial charge on any atom is 0 e. The van der Waals surface area contributed by atoms with Crippen LogP contribution in [0.4, 0.5) is 0 Å². The van der Waals surface area contributed by atoms with E-state index in [1.54, 1.807) is 0 Å². The number of hydrogen-bond donors (Lipinski definition) is 0. The first-order valence-corrected chi connectivity index (χ1v) is 0. The van der Waals surface area contributed by atoms with Gasteiger partial charge in [0.05, 0.1) is 0 Å². The second-order valence-electron chi connectivity index (χ2n) is 0. The van der Waals surface area contributed by atoms with E-state index in [9.17, 15) is 0 Å². The molecule has 0 aromatic rings. The van der Waals surface area contributed by atoms with Crippen LogP contribution in [0, 0.1) is 120 Å². The molecule has 0 nitrogen and oxygen atoms in total. The van der Waals surface area contributed by atoms with Gasteiger partial charge in [-0.05, 0) is 0 Å². The van der Waals surface area contributed by atoms with Crippen molar-refractivity contribution in [2.45, 2.75) is 0 Å². The van der Waals surface area contributed by atoms with Crippen LogP contribution in [0.3, 0.4) is 0 Å². The Kier molecular flexibility index (Phi) is 92.3. The summed E-state index contributed by atoms with van der Waals surface area (Å²) in [5.74, 6) is 0. The largest absolute Gasteiger partial charge is 0 e. The Morgan fingerprint density at radius 2 is 1.00 bits per heavy atom. The quantitative estimate of drug-likeness (QED) is 0.409. The zero-order valence-corrected chi connectivity index (χ0v) is 11.8. The average Bonchev–Trinajstić information content (AvgIpc) is 0. The first-order valence-electron chi connectivity index (χ1n) is 0. The Balaban J connectivity index is 0. The molecule has 0 fully saturated rings. The van der Waals surface area contributed by atoms with E-state index in [1.807, 2.05) is 0 Å². The smallest absolute Gasteiger partial charge is 0 e. The summed E-state index contributed by atoms with van der Waals surface area (Å²) in [4.78, 5) is 0. The summed E-state index contributed by atoms with van der Waals surface area (Å²) in [6.07, 6.45) is 0. The summed E-state index contributed by atoms with van der Waals surface area (Å²) in [5.41, 5.74) is 0. The topological polar surface area (TPSA) is 0 Å². The van der Waals surface area contributed by atoms with Crippen molar-refractivity contribution < 1.29 is 137 Å². The number of hydrogen-bond acceptors (Lipinski definition) is 0. The van der Waals surface area contributed by atoms with Gasteiger partial charge in [0.25, 0.3) is 0 Å². The third-order valence-corrected chi connectivity index (χ3v) is 0. The molecule has 0 bridgehead atoms. The molecule has 0 saturated heterocycles. The van der Waals surface area contributed by atoms with Crippen LogP contribution >= 0.6 is 0 Å². The van der Waals surface area contributed by atoms with Crippen LogP contribution in [0.1, 0.15) is 0 Å². The zero-order chi connectivity index (χ0) is 0. The van der Waals surface area contributed by atoms with Crippen molar-refractivity contribution in [1.82, 2.24) is 0 Å². The second-order valence-corrected chi connectivity index (χ2v) is 0. The van der Waals surface area contributed by atoms with Gasteiger partial charge in [-0.3, -0.25) is 0 Å². The van der Waals surface area contributed by atoms with Crippen LogP contribution in [-0.2, 0) is 17.1 Å². The van der Waals surface area contributed by atoms with Gasteiger partial charge in [0.2, 0.25) is 0 Å². The summed E-state index contributed by atoms with van der Waals surface area (Å²) < 4.78 is 0. The van der Waals surface area contributed by atoms with E-state index < -0.39 is 0 Å². The minimum absolute atomic E-state index is 0. The van der Waals surface area contributed by atoms with E-state index in [-0.39, 0.29) is 137 Å². The van der Waals surface area contributed by atoms with Crippen molar-refractivity contribution in [1.29, 1.82) is 0 Å². The Labute approximate surface area is 133 Å². The molecule has 0 rings (SSSR count). The fraction of sp³-hybridized carbons (Fsp3) is 0. The third-order valence-electron chi connectivity index (χ3n) is 0. The van der Waals surface area contributed by atoms with Crippen LogP contribution in [0.25, 0.3) is 0 Å². The maximum absolute atomic E-state index is 0. The Morgan fingerprint density at radius 1 is 1.00 bits per heavy atom. The molecule has 0 aliphatic rings. The van der Waals surface area contributed by atoms with E-state index in [0.717, 1.165) is 0 Å². The van der Waals surface area contributed by atoms with Crippen LogP contribution < -0.4 is 0 Å². The maximum atomic E-state index is 0. The van der Waals surface area contributed by atoms with Gasteiger partial charge in [-0.2, -0.15) is 0 Å². The Bertz CT molecular complexity index is 8.00. The molecule has 0 aromatic carbocycles.